The molecule has 0 aromatic carbocycles. The number of hydrogen-bond donors (Lipinski definition) is 2. The molecule has 1 aliphatic rings. The first-order valence-corrected chi connectivity index (χ1v) is 6.11. The van der Waals surface area contributed by atoms with Gasteiger partial charge in [-0.15, -0.1) is 0 Å². The van der Waals surface area contributed by atoms with E-state index in [-0.39, 0.29) is 37.0 Å². The Morgan fingerprint density at radius 1 is 1.06 bits per heavy atom. The van der Waals surface area contributed by atoms with Crippen LogP contribution in [0, 0.1) is 5.92 Å². The van der Waals surface area contributed by atoms with Crippen molar-refractivity contribution in [2.75, 3.05) is 6.54 Å². The number of carboxylic acid groups (broad SMARTS) is 1. The lowest BCUT2D eigenvalue weighted by Gasteiger charge is -2.20. The van der Waals surface area contributed by atoms with Gasteiger partial charge in [0.2, 0.25) is 5.91 Å². The minimum atomic E-state index is -0.989. The van der Waals surface area contributed by atoms with Gasteiger partial charge < -0.3 is 10.4 Å². The lowest BCUT2D eigenvalue weighted by atomic mass is 9.88. The maximum absolute atomic E-state index is 11.7. The van der Waals surface area contributed by atoms with E-state index in [1.165, 1.54) is 6.42 Å². The summed E-state index contributed by atoms with van der Waals surface area (Å²) in [5, 5.41) is 11.0. The SMILES string of the molecule is O=C(O)CCC(=O)CNC(=O)C1CCCCC1. The van der Waals surface area contributed by atoms with Crippen molar-refractivity contribution >= 4 is 17.7 Å². The summed E-state index contributed by atoms with van der Waals surface area (Å²) in [5.74, 6) is -1.24. The van der Waals surface area contributed by atoms with E-state index in [0.717, 1.165) is 25.7 Å². The molecule has 0 unspecified atom stereocenters. The average Bonchev–Trinajstić information content (AvgIpc) is 2.34. The summed E-state index contributed by atoms with van der Waals surface area (Å²) in [6.45, 7) is -0.0391. The number of carbonyl (C=O) groups excluding carboxylic acids is 2. The van der Waals surface area contributed by atoms with Crippen molar-refractivity contribution < 1.29 is 19.5 Å². The second-order valence-electron chi connectivity index (χ2n) is 4.49. The van der Waals surface area contributed by atoms with E-state index < -0.39 is 5.97 Å². The summed E-state index contributed by atoms with van der Waals surface area (Å²) >= 11 is 0. The van der Waals surface area contributed by atoms with E-state index in [1.807, 2.05) is 0 Å². The molecule has 1 aliphatic carbocycles. The van der Waals surface area contributed by atoms with Crippen LogP contribution in [0.15, 0.2) is 0 Å². The fourth-order valence-electron chi connectivity index (χ4n) is 2.03. The molecule has 0 saturated heterocycles. The van der Waals surface area contributed by atoms with E-state index in [4.69, 9.17) is 5.11 Å². The van der Waals surface area contributed by atoms with Crippen molar-refractivity contribution in [3.05, 3.63) is 0 Å². The number of amides is 1. The number of rotatable bonds is 6. The van der Waals surface area contributed by atoms with E-state index in [2.05, 4.69) is 5.32 Å². The fraction of sp³-hybridized carbons (Fsp3) is 0.750. The average molecular weight is 241 g/mol. The van der Waals surface area contributed by atoms with Crippen LogP contribution in [0.25, 0.3) is 0 Å². The van der Waals surface area contributed by atoms with E-state index in [9.17, 15) is 14.4 Å². The van der Waals surface area contributed by atoms with Crippen LogP contribution in [-0.4, -0.2) is 29.3 Å². The van der Waals surface area contributed by atoms with Crippen LogP contribution in [0.5, 0.6) is 0 Å². The zero-order valence-corrected chi connectivity index (χ0v) is 9.91. The molecule has 96 valence electrons. The van der Waals surface area contributed by atoms with Crippen molar-refractivity contribution in [3.63, 3.8) is 0 Å². The lowest BCUT2D eigenvalue weighted by molar-refractivity contribution is -0.138. The first-order chi connectivity index (χ1) is 8.09. The molecule has 0 heterocycles. The predicted molar refractivity (Wildman–Crippen MR) is 61.5 cm³/mol. The highest BCUT2D eigenvalue weighted by Crippen LogP contribution is 2.23. The summed E-state index contributed by atoms with van der Waals surface area (Å²) in [5.41, 5.74) is 0. The molecule has 0 aliphatic heterocycles. The molecular formula is C12H19NO4. The molecule has 5 nitrogen and oxygen atoms in total. The number of hydrogen-bond acceptors (Lipinski definition) is 3. The Morgan fingerprint density at radius 3 is 2.29 bits per heavy atom. The van der Waals surface area contributed by atoms with E-state index in [1.54, 1.807) is 0 Å². The van der Waals surface area contributed by atoms with Crippen LogP contribution in [0.4, 0.5) is 0 Å². The molecule has 0 atom stereocenters. The van der Waals surface area contributed by atoms with Gasteiger partial charge in [-0.1, -0.05) is 19.3 Å². The molecule has 1 fully saturated rings. The Hall–Kier alpha value is -1.39. The number of Topliss-reactive ketones (excluding diaryl/α,β-unsaturated/α-hetero) is 1. The lowest BCUT2D eigenvalue weighted by Crippen LogP contribution is -2.35. The Morgan fingerprint density at radius 2 is 1.71 bits per heavy atom. The van der Waals surface area contributed by atoms with Crippen LogP contribution in [0.3, 0.4) is 0 Å². The van der Waals surface area contributed by atoms with Crippen LogP contribution in [-0.2, 0) is 14.4 Å². The minimum absolute atomic E-state index is 0.0136. The second kappa shape index (κ2) is 7.04. The Kier molecular flexibility index (Phi) is 5.66. The van der Waals surface area contributed by atoms with Crippen molar-refractivity contribution in [3.8, 4) is 0 Å². The first-order valence-electron chi connectivity index (χ1n) is 6.11. The number of nitrogens with one attached hydrogen (secondary N) is 1. The highest BCUT2D eigenvalue weighted by Gasteiger charge is 2.21. The third-order valence-corrected chi connectivity index (χ3v) is 3.05. The molecule has 1 saturated carbocycles. The monoisotopic (exact) mass is 241 g/mol. The molecule has 0 spiro atoms. The number of ketones is 1. The predicted octanol–water partition coefficient (Wildman–Crippen LogP) is 1.12. The van der Waals surface area contributed by atoms with Crippen molar-refractivity contribution in [2.24, 2.45) is 5.92 Å². The van der Waals surface area contributed by atoms with E-state index in [0.29, 0.717) is 0 Å². The second-order valence-corrected chi connectivity index (χ2v) is 4.49. The van der Waals surface area contributed by atoms with Crippen LogP contribution in [0.1, 0.15) is 44.9 Å². The quantitative estimate of drug-likeness (QED) is 0.729. The van der Waals surface area contributed by atoms with Gasteiger partial charge in [0, 0.05) is 12.3 Å². The maximum Gasteiger partial charge on any atom is 0.303 e. The molecular weight excluding hydrogens is 222 g/mol. The molecule has 17 heavy (non-hydrogen) atoms. The molecule has 0 aromatic rings. The van der Waals surface area contributed by atoms with Crippen LogP contribution < -0.4 is 5.32 Å². The normalized spacial score (nSPS) is 16.5. The smallest absolute Gasteiger partial charge is 0.303 e. The third kappa shape index (κ3) is 5.47. The molecule has 0 radical (unpaired) electrons. The van der Waals surface area contributed by atoms with Gasteiger partial charge in [0.15, 0.2) is 5.78 Å². The molecule has 0 bridgehead atoms. The standard InChI is InChI=1S/C12H19NO4/c14-10(6-7-11(15)16)8-13-12(17)9-4-2-1-3-5-9/h9H,1-8H2,(H,13,17)(H,15,16). The maximum atomic E-state index is 11.7. The summed E-state index contributed by atoms with van der Waals surface area (Å²) in [7, 11) is 0. The summed E-state index contributed by atoms with van der Waals surface area (Å²) in [6.07, 6.45) is 4.94. The molecule has 1 amide bonds. The van der Waals surface area contributed by atoms with Gasteiger partial charge in [-0.2, -0.15) is 0 Å². The van der Waals surface area contributed by atoms with Gasteiger partial charge in [-0.05, 0) is 12.8 Å². The van der Waals surface area contributed by atoms with E-state index >= 15 is 0 Å². The van der Waals surface area contributed by atoms with Crippen molar-refractivity contribution in [1.29, 1.82) is 0 Å². The summed E-state index contributed by atoms with van der Waals surface area (Å²) in [4.78, 5) is 33.2. The van der Waals surface area contributed by atoms with Crippen molar-refractivity contribution in [2.45, 2.75) is 44.9 Å². The van der Waals surface area contributed by atoms with Gasteiger partial charge >= 0.3 is 5.97 Å². The number of aliphatic carboxylic acids is 1. The zero-order chi connectivity index (χ0) is 12.7. The minimum Gasteiger partial charge on any atom is -0.481 e. The number of carbonyl (C=O) groups is 3. The molecule has 5 heteroatoms. The number of carboxylic acids is 1. The Bertz CT molecular complexity index is 295. The Balaban J connectivity index is 2.18. The highest BCUT2D eigenvalue weighted by molar-refractivity contribution is 5.88. The molecule has 2 N–H and O–H groups in total. The molecule has 1 rings (SSSR count). The first kappa shape index (κ1) is 13.7. The van der Waals surface area contributed by atoms with Gasteiger partial charge in [-0.3, -0.25) is 14.4 Å². The summed E-state index contributed by atoms with van der Waals surface area (Å²) < 4.78 is 0. The summed E-state index contributed by atoms with van der Waals surface area (Å²) in [6, 6.07) is 0. The zero-order valence-electron chi connectivity index (χ0n) is 9.91. The fourth-order valence-corrected chi connectivity index (χ4v) is 2.03. The van der Waals surface area contributed by atoms with Gasteiger partial charge in [0.1, 0.15) is 0 Å². The topological polar surface area (TPSA) is 83.5 Å². The van der Waals surface area contributed by atoms with Crippen LogP contribution in [0.2, 0.25) is 0 Å². The largest absolute Gasteiger partial charge is 0.481 e. The van der Waals surface area contributed by atoms with Gasteiger partial charge in [-0.25, -0.2) is 0 Å². The third-order valence-electron chi connectivity index (χ3n) is 3.05. The highest BCUT2D eigenvalue weighted by atomic mass is 16.4. The Labute approximate surface area is 101 Å². The van der Waals surface area contributed by atoms with Crippen LogP contribution >= 0.6 is 0 Å². The van der Waals surface area contributed by atoms with Gasteiger partial charge in [0.05, 0.1) is 13.0 Å². The molecule has 0 aromatic heterocycles. The van der Waals surface area contributed by atoms with Crippen molar-refractivity contribution in [1.82, 2.24) is 5.32 Å². The van der Waals surface area contributed by atoms with Gasteiger partial charge in [0.25, 0.3) is 0 Å².